The number of rotatable bonds is 8. The minimum absolute atomic E-state index is 0.0209. The molecule has 0 spiro atoms. The van der Waals surface area contributed by atoms with E-state index in [4.69, 9.17) is 9.26 Å². The summed E-state index contributed by atoms with van der Waals surface area (Å²) >= 11 is 1.74. The van der Waals surface area contributed by atoms with Gasteiger partial charge in [0.25, 0.3) is 5.91 Å². The number of hydrogen-bond donors (Lipinski definition) is 1. The van der Waals surface area contributed by atoms with E-state index in [2.05, 4.69) is 26.9 Å². The minimum Gasteiger partial charge on any atom is -0.485 e. The zero-order valence-corrected chi connectivity index (χ0v) is 19.0. The fourth-order valence-corrected chi connectivity index (χ4v) is 4.58. The average molecular weight is 455 g/mol. The van der Waals surface area contributed by atoms with Crippen molar-refractivity contribution in [1.82, 2.24) is 20.4 Å². The van der Waals surface area contributed by atoms with Crippen molar-refractivity contribution in [2.75, 3.05) is 6.54 Å². The molecule has 1 aromatic carbocycles. The Kier molecular flexibility index (Phi) is 6.84. The number of aromatic nitrogens is 2. The van der Waals surface area contributed by atoms with Crippen LogP contribution in [0, 0.1) is 6.92 Å². The molecule has 2 aromatic heterocycles. The Morgan fingerprint density at radius 3 is 2.81 bits per heavy atom. The molecule has 1 aliphatic heterocycles. The van der Waals surface area contributed by atoms with Crippen molar-refractivity contribution in [1.29, 1.82) is 0 Å². The second kappa shape index (κ2) is 9.95. The van der Waals surface area contributed by atoms with Gasteiger partial charge < -0.3 is 19.5 Å². The highest BCUT2D eigenvalue weighted by Crippen LogP contribution is 2.24. The Hall–Kier alpha value is -3.20. The van der Waals surface area contributed by atoms with E-state index in [9.17, 15) is 9.59 Å². The second-order valence-corrected chi connectivity index (χ2v) is 8.74. The van der Waals surface area contributed by atoms with E-state index in [-0.39, 0.29) is 18.4 Å². The number of amides is 2. The third-order valence-electron chi connectivity index (χ3n) is 5.35. The predicted octanol–water partition coefficient (Wildman–Crippen LogP) is 3.50. The van der Waals surface area contributed by atoms with Crippen LogP contribution in [0.1, 0.15) is 52.3 Å². The van der Waals surface area contributed by atoms with Gasteiger partial charge in [-0.15, -0.1) is 11.3 Å². The van der Waals surface area contributed by atoms with Gasteiger partial charge in [0.1, 0.15) is 11.8 Å². The van der Waals surface area contributed by atoms with Gasteiger partial charge in [-0.3, -0.25) is 9.59 Å². The third-order valence-corrected chi connectivity index (χ3v) is 6.38. The molecule has 2 amide bonds. The van der Waals surface area contributed by atoms with Crippen molar-refractivity contribution < 1.29 is 18.8 Å². The normalized spacial score (nSPS) is 14.0. The molecule has 0 saturated carbocycles. The summed E-state index contributed by atoms with van der Waals surface area (Å²) in [6.45, 7) is 5.20. The Balaban J connectivity index is 1.35. The molecule has 8 nitrogen and oxygen atoms in total. The lowest BCUT2D eigenvalue weighted by Gasteiger charge is -2.31. The van der Waals surface area contributed by atoms with Crippen molar-refractivity contribution in [3.05, 3.63) is 63.4 Å². The van der Waals surface area contributed by atoms with Crippen LogP contribution in [-0.2, 0) is 24.4 Å². The first-order valence-electron chi connectivity index (χ1n) is 10.7. The summed E-state index contributed by atoms with van der Waals surface area (Å²) in [4.78, 5) is 33.2. The minimum atomic E-state index is -0.537. The van der Waals surface area contributed by atoms with Crippen LogP contribution in [0.15, 0.2) is 40.2 Å². The maximum atomic E-state index is 13.1. The van der Waals surface area contributed by atoms with Crippen LogP contribution in [0.5, 0.6) is 5.75 Å². The van der Waals surface area contributed by atoms with E-state index in [0.29, 0.717) is 42.5 Å². The number of hydrogen-bond acceptors (Lipinski definition) is 7. The zero-order valence-electron chi connectivity index (χ0n) is 18.2. The van der Waals surface area contributed by atoms with Crippen molar-refractivity contribution >= 4 is 23.2 Å². The molecular formula is C23H26N4O4S. The molecule has 0 bridgehead atoms. The lowest BCUT2D eigenvalue weighted by Crippen LogP contribution is -2.49. The number of nitrogens with zero attached hydrogens (tertiary/aromatic N) is 3. The molecule has 4 rings (SSSR count). The van der Waals surface area contributed by atoms with Crippen LogP contribution in [0.4, 0.5) is 0 Å². The first kappa shape index (κ1) is 22.0. The van der Waals surface area contributed by atoms with E-state index in [1.54, 1.807) is 42.5 Å². The molecule has 1 aliphatic rings. The monoisotopic (exact) mass is 454 g/mol. The van der Waals surface area contributed by atoms with Gasteiger partial charge in [0.15, 0.2) is 6.61 Å². The van der Waals surface area contributed by atoms with E-state index < -0.39 is 6.04 Å². The summed E-state index contributed by atoms with van der Waals surface area (Å²) < 4.78 is 10.5. The van der Waals surface area contributed by atoms with E-state index in [1.165, 1.54) is 10.4 Å². The number of nitrogens with one attached hydrogen (secondary N) is 1. The van der Waals surface area contributed by atoms with Gasteiger partial charge in [0.05, 0.1) is 0 Å². The zero-order chi connectivity index (χ0) is 22.5. The summed E-state index contributed by atoms with van der Waals surface area (Å²) in [7, 11) is 0. The molecule has 32 heavy (non-hydrogen) atoms. The number of ether oxygens (including phenoxy) is 1. The van der Waals surface area contributed by atoms with Crippen molar-refractivity contribution in [3.8, 4) is 5.75 Å². The topological polar surface area (TPSA) is 97.6 Å². The van der Waals surface area contributed by atoms with Gasteiger partial charge in [0.2, 0.25) is 17.6 Å². The quantitative estimate of drug-likeness (QED) is 0.559. The smallest absolute Gasteiger partial charge is 0.251 e. The Morgan fingerprint density at radius 1 is 1.28 bits per heavy atom. The summed E-state index contributed by atoms with van der Waals surface area (Å²) in [5.41, 5.74) is 1.68. The van der Waals surface area contributed by atoms with Crippen LogP contribution in [0.25, 0.3) is 0 Å². The molecule has 1 atom stereocenters. The summed E-state index contributed by atoms with van der Waals surface area (Å²) in [6, 6.07) is 8.32. The molecule has 0 aliphatic carbocycles. The highest BCUT2D eigenvalue weighted by molar-refractivity contribution is 7.10. The lowest BCUT2D eigenvalue weighted by atomic mass is 10.1. The molecule has 0 radical (unpaired) electrons. The molecule has 1 unspecified atom stereocenters. The number of carbonyl (C=O) groups is 2. The molecule has 0 saturated heterocycles. The van der Waals surface area contributed by atoms with Crippen LogP contribution >= 0.6 is 11.3 Å². The largest absolute Gasteiger partial charge is 0.485 e. The molecule has 0 fully saturated rings. The van der Waals surface area contributed by atoms with Gasteiger partial charge in [-0.1, -0.05) is 18.5 Å². The van der Waals surface area contributed by atoms with Crippen LogP contribution < -0.4 is 10.1 Å². The molecule has 3 aromatic rings. The maximum absolute atomic E-state index is 13.1. The highest BCUT2D eigenvalue weighted by Gasteiger charge is 2.28. The van der Waals surface area contributed by atoms with Gasteiger partial charge in [-0.05, 0) is 54.1 Å². The molecule has 9 heteroatoms. The number of thiophene rings is 1. The van der Waals surface area contributed by atoms with Gasteiger partial charge >= 0.3 is 0 Å². The lowest BCUT2D eigenvalue weighted by molar-refractivity contribution is -0.134. The van der Waals surface area contributed by atoms with E-state index in [0.717, 1.165) is 12.8 Å². The third kappa shape index (κ3) is 5.16. The first-order valence-corrected chi connectivity index (χ1v) is 11.6. The average Bonchev–Trinajstić information content (AvgIpc) is 3.45. The molecule has 3 heterocycles. The summed E-state index contributed by atoms with van der Waals surface area (Å²) in [5.74, 6) is 1.23. The maximum Gasteiger partial charge on any atom is 0.251 e. The Morgan fingerprint density at radius 2 is 2.09 bits per heavy atom. The summed E-state index contributed by atoms with van der Waals surface area (Å²) in [5, 5.41) is 8.78. The molecule has 1 N–H and O–H groups in total. The SMILES string of the molecule is CCCC(NC(=O)c1ccc(OCc2noc(C)n2)cc1)C(=O)N1CCc2sccc2C1. The first-order chi connectivity index (χ1) is 15.5. The van der Waals surface area contributed by atoms with Crippen molar-refractivity contribution in [3.63, 3.8) is 0 Å². The predicted molar refractivity (Wildman–Crippen MR) is 119 cm³/mol. The number of carbonyl (C=O) groups excluding carboxylic acids is 2. The number of benzene rings is 1. The van der Waals surface area contributed by atoms with Gasteiger partial charge in [-0.25, -0.2) is 0 Å². The Labute approximate surface area is 190 Å². The number of aryl methyl sites for hydroxylation is 1. The highest BCUT2D eigenvalue weighted by atomic mass is 32.1. The standard InChI is InChI=1S/C23H26N4O4S/c1-3-4-19(23(29)27-11-9-20-17(13-27)10-12-32-20)25-22(28)16-5-7-18(8-6-16)30-14-21-24-15(2)31-26-21/h5-8,10,12,19H,3-4,9,11,13-14H2,1-2H3,(H,25,28). The number of fused-ring (bicyclic) bond motifs is 1. The fourth-order valence-electron chi connectivity index (χ4n) is 3.69. The van der Waals surface area contributed by atoms with Crippen molar-refractivity contribution in [2.45, 2.75) is 52.3 Å². The van der Waals surface area contributed by atoms with Gasteiger partial charge in [-0.2, -0.15) is 4.98 Å². The van der Waals surface area contributed by atoms with E-state index in [1.807, 2.05) is 11.8 Å². The van der Waals surface area contributed by atoms with Crippen LogP contribution in [-0.4, -0.2) is 39.4 Å². The molecule has 168 valence electrons. The van der Waals surface area contributed by atoms with Crippen molar-refractivity contribution in [2.24, 2.45) is 0 Å². The fraction of sp³-hybridized carbons (Fsp3) is 0.391. The summed E-state index contributed by atoms with van der Waals surface area (Å²) in [6.07, 6.45) is 2.27. The molecular weight excluding hydrogens is 428 g/mol. The van der Waals surface area contributed by atoms with Crippen LogP contribution in [0.2, 0.25) is 0 Å². The van der Waals surface area contributed by atoms with Crippen LogP contribution in [0.3, 0.4) is 0 Å². The van der Waals surface area contributed by atoms with Gasteiger partial charge in [0, 0.05) is 30.5 Å². The van der Waals surface area contributed by atoms with E-state index >= 15 is 0 Å². The second-order valence-electron chi connectivity index (χ2n) is 7.74. The Bertz CT molecular complexity index is 1080.